The highest BCUT2D eigenvalue weighted by Crippen LogP contribution is 2.26. The molecule has 0 aromatic heterocycles. The zero-order valence-corrected chi connectivity index (χ0v) is 13.7. The summed E-state index contributed by atoms with van der Waals surface area (Å²) in [6, 6.07) is 9.59. The SMILES string of the molecule is O=Cc1cc(NS(=O)c2ccc(N3CCCC3)cc2)cc(F)c1O. The van der Waals surface area contributed by atoms with Gasteiger partial charge in [-0.2, -0.15) is 0 Å². The number of aldehydes is 1. The van der Waals surface area contributed by atoms with E-state index in [1.807, 2.05) is 12.1 Å². The van der Waals surface area contributed by atoms with Gasteiger partial charge in [0, 0.05) is 24.8 Å². The first-order valence-corrected chi connectivity index (χ1v) is 8.74. The van der Waals surface area contributed by atoms with Gasteiger partial charge in [-0.25, -0.2) is 8.60 Å². The van der Waals surface area contributed by atoms with Gasteiger partial charge in [0.25, 0.3) is 0 Å². The molecule has 24 heavy (non-hydrogen) atoms. The summed E-state index contributed by atoms with van der Waals surface area (Å²) < 4.78 is 28.5. The largest absolute Gasteiger partial charge is 0.504 e. The van der Waals surface area contributed by atoms with Crippen LogP contribution in [0.2, 0.25) is 0 Å². The molecule has 1 aliphatic rings. The fraction of sp³-hybridized carbons (Fsp3) is 0.235. The molecule has 1 atom stereocenters. The number of carbonyl (C=O) groups is 1. The van der Waals surface area contributed by atoms with E-state index in [0.29, 0.717) is 11.2 Å². The van der Waals surface area contributed by atoms with Crippen LogP contribution in [0.5, 0.6) is 5.75 Å². The molecule has 2 aromatic carbocycles. The monoisotopic (exact) mass is 348 g/mol. The molecule has 0 aliphatic carbocycles. The van der Waals surface area contributed by atoms with E-state index in [0.717, 1.165) is 24.8 Å². The van der Waals surface area contributed by atoms with Crippen molar-refractivity contribution in [1.82, 2.24) is 0 Å². The van der Waals surface area contributed by atoms with E-state index in [9.17, 15) is 18.5 Å². The van der Waals surface area contributed by atoms with Gasteiger partial charge in [0.2, 0.25) is 0 Å². The molecular formula is C17H17FN2O3S. The number of phenols is 1. The van der Waals surface area contributed by atoms with Crippen LogP contribution in [-0.4, -0.2) is 28.7 Å². The predicted octanol–water partition coefficient (Wildman–Crippen LogP) is 3.08. The van der Waals surface area contributed by atoms with Crippen molar-refractivity contribution in [2.75, 3.05) is 22.7 Å². The second kappa shape index (κ2) is 7.00. The molecule has 7 heteroatoms. The van der Waals surface area contributed by atoms with Crippen LogP contribution in [0.1, 0.15) is 23.2 Å². The molecule has 2 N–H and O–H groups in total. The number of aromatic hydroxyl groups is 1. The van der Waals surface area contributed by atoms with Gasteiger partial charge in [0.1, 0.15) is 11.0 Å². The molecule has 1 aliphatic heterocycles. The summed E-state index contributed by atoms with van der Waals surface area (Å²) in [5, 5.41) is 9.39. The Morgan fingerprint density at radius 3 is 2.46 bits per heavy atom. The van der Waals surface area contributed by atoms with E-state index < -0.39 is 22.6 Å². The van der Waals surface area contributed by atoms with E-state index in [1.165, 1.54) is 18.9 Å². The normalized spacial score (nSPS) is 15.3. The third-order valence-electron chi connectivity index (χ3n) is 3.95. The number of anilines is 2. The number of hydrogen-bond acceptors (Lipinski definition) is 4. The average molecular weight is 348 g/mol. The van der Waals surface area contributed by atoms with Gasteiger partial charge in [0.05, 0.1) is 16.1 Å². The van der Waals surface area contributed by atoms with Gasteiger partial charge < -0.3 is 14.7 Å². The van der Waals surface area contributed by atoms with Crippen molar-refractivity contribution in [1.29, 1.82) is 0 Å². The minimum absolute atomic E-state index is 0.161. The van der Waals surface area contributed by atoms with Crippen LogP contribution in [0.3, 0.4) is 0 Å². The van der Waals surface area contributed by atoms with Crippen LogP contribution in [-0.2, 0) is 11.0 Å². The Labute approximate surface area is 141 Å². The van der Waals surface area contributed by atoms with Crippen molar-refractivity contribution in [3.63, 3.8) is 0 Å². The number of halogens is 1. The summed E-state index contributed by atoms with van der Waals surface area (Å²) in [4.78, 5) is 13.6. The molecule has 2 aromatic rings. The standard InChI is InChI=1S/C17H17FN2O3S/c18-16-10-13(9-12(11-21)17(16)22)19-24(23)15-5-3-14(4-6-15)20-7-1-2-8-20/h3-6,9-11,19,22H,1-2,7-8H2. The lowest BCUT2D eigenvalue weighted by atomic mass is 10.2. The van der Waals surface area contributed by atoms with Crippen LogP contribution in [0, 0.1) is 5.82 Å². The predicted molar refractivity (Wildman–Crippen MR) is 91.4 cm³/mol. The number of benzene rings is 2. The minimum Gasteiger partial charge on any atom is -0.504 e. The molecule has 1 fully saturated rings. The second-order valence-corrected chi connectivity index (χ2v) is 6.79. The summed E-state index contributed by atoms with van der Waals surface area (Å²) >= 11 is 0. The Bertz CT molecular complexity index is 774. The van der Waals surface area contributed by atoms with Crippen LogP contribution >= 0.6 is 0 Å². The zero-order valence-electron chi connectivity index (χ0n) is 12.9. The van der Waals surface area contributed by atoms with E-state index in [-0.39, 0.29) is 11.3 Å². The summed E-state index contributed by atoms with van der Waals surface area (Å²) in [7, 11) is -1.60. The molecule has 0 spiro atoms. The van der Waals surface area contributed by atoms with Crippen molar-refractivity contribution in [3.8, 4) is 5.75 Å². The Kier molecular flexibility index (Phi) is 4.80. The van der Waals surface area contributed by atoms with Gasteiger partial charge in [-0.3, -0.25) is 4.79 Å². The number of carbonyl (C=O) groups excluding carboxylic acids is 1. The highest BCUT2D eigenvalue weighted by molar-refractivity contribution is 7.86. The Balaban J connectivity index is 1.75. The fourth-order valence-corrected chi connectivity index (χ4v) is 3.52. The maximum atomic E-state index is 13.6. The molecule has 0 bridgehead atoms. The summed E-state index contributed by atoms with van der Waals surface area (Å²) in [6.07, 6.45) is 2.71. The van der Waals surface area contributed by atoms with Crippen molar-refractivity contribution in [3.05, 3.63) is 47.8 Å². The molecule has 126 valence electrons. The lowest BCUT2D eigenvalue weighted by molar-refractivity contribution is 0.112. The molecule has 0 saturated carbocycles. The van der Waals surface area contributed by atoms with Gasteiger partial charge in [-0.05, 0) is 43.2 Å². The first-order chi connectivity index (χ1) is 11.6. The van der Waals surface area contributed by atoms with Crippen molar-refractivity contribution < 1.29 is 18.5 Å². The molecule has 1 unspecified atom stereocenters. The summed E-state index contributed by atoms with van der Waals surface area (Å²) in [5.41, 5.74) is 1.06. The second-order valence-electron chi connectivity index (χ2n) is 5.57. The van der Waals surface area contributed by atoms with Crippen molar-refractivity contribution >= 4 is 28.6 Å². The zero-order chi connectivity index (χ0) is 17.1. The molecule has 0 radical (unpaired) electrons. The Hall–Kier alpha value is -2.41. The topological polar surface area (TPSA) is 69.6 Å². The highest BCUT2D eigenvalue weighted by atomic mass is 32.2. The number of nitrogens with one attached hydrogen (secondary N) is 1. The average Bonchev–Trinajstić information content (AvgIpc) is 3.12. The van der Waals surface area contributed by atoms with E-state index in [2.05, 4.69) is 9.62 Å². The van der Waals surface area contributed by atoms with Gasteiger partial charge in [-0.1, -0.05) is 0 Å². The van der Waals surface area contributed by atoms with E-state index >= 15 is 0 Å². The van der Waals surface area contributed by atoms with E-state index in [4.69, 9.17) is 0 Å². The fourth-order valence-electron chi connectivity index (χ4n) is 2.69. The molecule has 1 saturated heterocycles. The van der Waals surface area contributed by atoms with Crippen LogP contribution in [0.15, 0.2) is 41.3 Å². The van der Waals surface area contributed by atoms with Gasteiger partial charge in [-0.15, -0.1) is 0 Å². The number of phenolic OH excluding ortho intramolecular Hbond substituents is 1. The van der Waals surface area contributed by atoms with Gasteiger partial charge >= 0.3 is 0 Å². The van der Waals surface area contributed by atoms with Crippen molar-refractivity contribution in [2.24, 2.45) is 0 Å². The highest BCUT2D eigenvalue weighted by Gasteiger charge is 2.14. The Morgan fingerprint density at radius 2 is 1.83 bits per heavy atom. The first kappa shape index (κ1) is 16.4. The van der Waals surface area contributed by atoms with Crippen LogP contribution in [0.4, 0.5) is 15.8 Å². The maximum absolute atomic E-state index is 13.6. The molecule has 1 heterocycles. The lowest BCUT2D eigenvalue weighted by Gasteiger charge is -2.17. The third kappa shape index (κ3) is 3.41. The smallest absolute Gasteiger partial charge is 0.167 e. The number of rotatable bonds is 5. The first-order valence-electron chi connectivity index (χ1n) is 7.59. The quantitative estimate of drug-likeness (QED) is 0.644. The molecular weight excluding hydrogens is 331 g/mol. The third-order valence-corrected chi connectivity index (χ3v) is 5.07. The van der Waals surface area contributed by atoms with Crippen molar-refractivity contribution in [2.45, 2.75) is 17.7 Å². The summed E-state index contributed by atoms with van der Waals surface area (Å²) in [5.74, 6) is -1.65. The van der Waals surface area contributed by atoms with Gasteiger partial charge in [0.15, 0.2) is 17.9 Å². The Morgan fingerprint density at radius 1 is 1.17 bits per heavy atom. The van der Waals surface area contributed by atoms with Crippen LogP contribution < -0.4 is 9.62 Å². The van der Waals surface area contributed by atoms with E-state index in [1.54, 1.807) is 12.1 Å². The maximum Gasteiger partial charge on any atom is 0.167 e. The lowest BCUT2D eigenvalue weighted by Crippen LogP contribution is -2.17. The molecule has 5 nitrogen and oxygen atoms in total. The summed E-state index contributed by atoms with van der Waals surface area (Å²) in [6.45, 7) is 2.06. The molecule has 0 amide bonds. The number of nitrogens with zero attached hydrogens (tertiary/aromatic N) is 1. The number of hydrogen-bond donors (Lipinski definition) is 2. The molecule has 3 rings (SSSR count). The van der Waals surface area contributed by atoms with Crippen LogP contribution in [0.25, 0.3) is 0 Å². The minimum atomic E-state index is -1.60.